The van der Waals surface area contributed by atoms with E-state index < -0.39 is 0 Å². The Balaban J connectivity index is 2.41. The van der Waals surface area contributed by atoms with Crippen LogP contribution in [0, 0.1) is 13.8 Å². The van der Waals surface area contributed by atoms with Gasteiger partial charge in [0.25, 0.3) is 0 Å². The largest absolute Gasteiger partial charge is 0.319 e. The van der Waals surface area contributed by atoms with Gasteiger partial charge in [-0.15, -0.1) is 0 Å². The molecular weight excluding hydrogens is 198 g/mol. The molecule has 3 heteroatoms. The maximum Gasteiger partial charge on any atom is 0.0725 e. The van der Waals surface area contributed by atoms with Crippen molar-refractivity contribution in [2.75, 3.05) is 0 Å². The number of nitrogens with zero attached hydrogens (tertiary/aromatic N) is 2. The summed E-state index contributed by atoms with van der Waals surface area (Å²) in [5.74, 6) is 0. The molecule has 16 heavy (non-hydrogen) atoms. The number of aryl methyl sites for hydroxylation is 3. The smallest absolute Gasteiger partial charge is 0.0725 e. The van der Waals surface area contributed by atoms with Crippen molar-refractivity contribution >= 4 is 0 Å². The highest BCUT2D eigenvalue weighted by Gasteiger charge is 2.14. The highest BCUT2D eigenvalue weighted by atomic mass is 15.3. The zero-order chi connectivity index (χ0) is 11.7. The van der Waals surface area contributed by atoms with Crippen LogP contribution in [0.15, 0.2) is 30.5 Å². The second-order valence-corrected chi connectivity index (χ2v) is 4.22. The normalized spacial score (nSPS) is 12.8. The Morgan fingerprint density at radius 2 is 2.00 bits per heavy atom. The zero-order valence-corrected chi connectivity index (χ0v) is 9.94. The maximum absolute atomic E-state index is 6.25. The minimum Gasteiger partial charge on any atom is -0.319 e. The molecule has 3 nitrogen and oxygen atoms in total. The molecule has 2 aromatic rings. The molecule has 0 bridgehead atoms. The summed E-state index contributed by atoms with van der Waals surface area (Å²) < 4.78 is 1.82. The molecule has 0 aliphatic heterocycles. The lowest BCUT2D eigenvalue weighted by atomic mass is 9.98. The van der Waals surface area contributed by atoms with Gasteiger partial charge in [-0.2, -0.15) is 5.10 Å². The third-order valence-corrected chi connectivity index (χ3v) is 2.94. The summed E-state index contributed by atoms with van der Waals surface area (Å²) in [5.41, 5.74) is 10.9. The number of aromatic nitrogens is 2. The Morgan fingerprint density at radius 1 is 1.25 bits per heavy atom. The molecule has 1 aromatic carbocycles. The number of benzene rings is 1. The summed E-state index contributed by atoms with van der Waals surface area (Å²) in [6, 6.07) is 8.21. The fraction of sp³-hybridized carbons (Fsp3) is 0.308. The second-order valence-electron chi connectivity index (χ2n) is 4.22. The number of nitrogens with two attached hydrogens (primary N) is 1. The minimum absolute atomic E-state index is 0.104. The van der Waals surface area contributed by atoms with Gasteiger partial charge in [0.2, 0.25) is 0 Å². The minimum atomic E-state index is -0.104. The van der Waals surface area contributed by atoms with Crippen LogP contribution in [0.2, 0.25) is 0 Å². The molecule has 1 atom stereocenters. The van der Waals surface area contributed by atoms with Gasteiger partial charge in [0, 0.05) is 13.2 Å². The van der Waals surface area contributed by atoms with Gasteiger partial charge in [0.05, 0.1) is 11.7 Å². The van der Waals surface area contributed by atoms with Crippen molar-refractivity contribution in [3.8, 4) is 0 Å². The van der Waals surface area contributed by atoms with Gasteiger partial charge in [0.1, 0.15) is 0 Å². The molecule has 0 saturated carbocycles. The van der Waals surface area contributed by atoms with Crippen LogP contribution >= 0.6 is 0 Å². The predicted molar refractivity (Wildman–Crippen MR) is 65.2 cm³/mol. The van der Waals surface area contributed by atoms with E-state index in [9.17, 15) is 0 Å². The molecule has 84 valence electrons. The van der Waals surface area contributed by atoms with Crippen LogP contribution in [0.25, 0.3) is 0 Å². The molecule has 1 aromatic heterocycles. The summed E-state index contributed by atoms with van der Waals surface area (Å²) in [6.45, 7) is 4.19. The van der Waals surface area contributed by atoms with Crippen LogP contribution < -0.4 is 5.73 Å². The van der Waals surface area contributed by atoms with Gasteiger partial charge in [-0.1, -0.05) is 23.8 Å². The van der Waals surface area contributed by atoms with E-state index in [0.29, 0.717) is 0 Å². The van der Waals surface area contributed by atoms with Gasteiger partial charge in [-0.05, 0) is 31.0 Å². The van der Waals surface area contributed by atoms with E-state index in [4.69, 9.17) is 5.73 Å². The molecule has 0 aliphatic carbocycles. The lowest BCUT2D eigenvalue weighted by Gasteiger charge is -2.15. The van der Waals surface area contributed by atoms with Crippen molar-refractivity contribution in [3.63, 3.8) is 0 Å². The Hall–Kier alpha value is -1.61. The van der Waals surface area contributed by atoms with E-state index in [-0.39, 0.29) is 6.04 Å². The van der Waals surface area contributed by atoms with E-state index >= 15 is 0 Å². The second kappa shape index (κ2) is 4.10. The van der Waals surface area contributed by atoms with E-state index in [1.807, 2.05) is 17.8 Å². The van der Waals surface area contributed by atoms with Crippen LogP contribution in [0.5, 0.6) is 0 Å². The Bertz CT molecular complexity index is 500. The van der Waals surface area contributed by atoms with Gasteiger partial charge in [0.15, 0.2) is 0 Å². The molecule has 0 spiro atoms. The number of rotatable bonds is 2. The third-order valence-electron chi connectivity index (χ3n) is 2.94. The van der Waals surface area contributed by atoms with Crippen molar-refractivity contribution in [1.29, 1.82) is 0 Å². The molecule has 2 N–H and O–H groups in total. The Kier molecular flexibility index (Phi) is 2.79. The van der Waals surface area contributed by atoms with E-state index in [2.05, 4.69) is 37.1 Å². The van der Waals surface area contributed by atoms with Gasteiger partial charge >= 0.3 is 0 Å². The standard InChI is InChI=1S/C13H17N3/c1-9-4-5-11(10(2)8-9)13(14)12-6-7-15-16(12)3/h4-8,13H,14H2,1-3H3. The Labute approximate surface area is 95.9 Å². The first-order valence-electron chi connectivity index (χ1n) is 5.40. The van der Waals surface area contributed by atoms with Crippen LogP contribution in [0.1, 0.15) is 28.4 Å². The number of hydrogen-bond donors (Lipinski definition) is 1. The summed E-state index contributed by atoms with van der Waals surface area (Å²) in [5, 5.41) is 4.15. The molecule has 1 unspecified atom stereocenters. The van der Waals surface area contributed by atoms with Gasteiger partial charge in [-0.3, -0.25) is 4.68 Å². The average Bonchev–Trinajstić information content (AvgIpc) is 2.63. The maximum atomic E-state index is 6.25. The fourth-order valence-corrected chi connectivity index (χ4v) is 2.02. The highest BCUT2D eigenvalue weighted by molar-refractivity contribution is 5.36. The predicted octanol–water partition coefficient (Wildman–Crippen LogP) is 2.09. The van der Waals surface area contributed by atoms with Crippen molar-refractivity contribution < 1.29 is 0 Å². The Morgan fingerprint density at radius 3 is 2.56 bits per heavy atom. The summed E-state index contributed by atoms with van der Waals surface area (Å²) in [4.78, 5) is 0. The molecule has 0 fully saturated rings. The molecule has 2 rings (SSSR count). The van der Waals surface area contributed by atoms with Gasteiger partial charge < -0.3 is 5.73 Å². The zero-order valence-electron chi connectivity index (χ0n) is 9.94. The first-order valence-corrected chi connectivity index (χ1v) is 5.40. The summed E-state index contributed by atoms with van der Waals surface area (Å²) in [6.07, 6.45) is 1.78. The molecule has 0 saturated heterocycles. The monoisotopic (exact) mass is 215 g/mol. The van der Waals surface area contributed by atoms with Crippen molar-refractivity contribution in [3.05, 3.63) is 52.8 Å². The van der Waals surface area contributed by atoms with E-state index in [0.717, 1.165) is 11.3 Å². The van der Waals surface area contributed by atoms with Crippen LogP contribution in [0.4, 0.5) is 0 Å². The lowest BCUT2D eigenvalue weighted by Crippen LogP contribution is -2.17. The molecule has 0 amide bonds. The van der Waals surface area contributed by atoms with Crippen molar-refractivity contribution in [1.82, 2.24) is 9.78 Å². The summed E-state index contributed by atoms with van der Waals surface area (Å²) >= 11 is 0. The third kappa shape index (κ3) is 1.86. The average molecular weight is 215 g/mol. The topological polar surface area (TPSA) is 43.8 Å². The lowest BCUT2D eigenvalue weighted by molar-refractivity contribution is 0.671. The highest BCUT2D eigenvalue weighted by Crippen LogP contribution is 2.22. The summed E-state index contributed by atoms with van der Waals surface area (Å²) in [7, 11) is 1.92. The van der Waals surface area contributed by atoms with Crippen molar-refractivity contribution in [2.45, 2.75) is 19.9 Å². The van der Waals surface area contributed by atoms with Crippen LogP contribution in [0.3, 0.4) is 0 Å². The van der Waals surface area contributed by atoms with Crippen molar-refractivity contribution in [2.24, 2.45) is 12.8 Å². The van der Waals surface area contributed by atoms with Crippen LogP contribution in [-0.4, -0.2) is 9.78 Å². The van der Waals surface area contributed by atoms with E-state index in [1.54, 1.807) is 6.20 Å². The molecule has 0 radical (unpaired) electrons. The molecule has 1 heterocycles. The molecule has 0 aliphatic rings. The quantitative estimate of drug-likeness (QED) is 0.833. The first-order chi connectivity index (χ1) is 7.59. The SMILES string of the molecule is Cc1ccc(C(N)c2ccnn2C)c(C)c1. The van der Waals surface area contributed by atoms with E-state index in [1.165, 1.54) is 11.1 Å². The van der Waals surface area contributed by atoms with Crippen LogP contribution in [-0.2, 0) is 7.05 Å². The fourth-order valence-electron chi connectivity index (χ4n) is 2.02. The number of hydrogen-bond acceptors (Lipinski definition) is 2. The van der Waals surface area contributed by atoms with Gasteiger partial charge in [-0.25, -0.2) is 0 Å². The first kappa shape index (κ1) is 10.9. The molecular formula is C13H17N3.